The van der Waals surface area contributed by atoms with E-state index in [0.29, 0.717) is 18.6 Å². The molecule has 158 valence electrons. The predicted molar refractivity (Wildman–Crippen MR) is 103 cm³/mol. The standard InChI is InChI=1S/C19H30F3N5O/c1-4-23-18(26-16-7-9-27(10-8-16)14(2)3)25-12-15-5-6-17(24-11-15)28-13-19(20,21)22/h5-6,11,14,16H,4,7-10,12-13H2,1-3H3,(H2,23,25,26). The van der Waals surface area contributed by atoms with Gasteiger partial charge < -0.3 is 20.3 Å². The smallest absolute Gasteiger partial charge is 0.422 e. The van der Waals surface area contributed by atoms with Crippen molar-refractivity contribution in [3.8, 4) is 5.88 Å². The van der Waals surface area contributed by atoms with Gasteiger partial charge in [0.1, 0.15) is 0 Å². The summed E-state index contributed by atoms with van der Waals surface area (Å²) in [5.41, 5.74) is 0.797. The van der Waals surface area contributed by atoms with Crippen molar-refractivity contribution in [3.05, 3.63) is 23.9 Å². The van der Waals surface area contributed by atoms with E-state index in [1.807, 2.05) is 6.92 Å². The summed E-state index contributed by atoms with van der Waals surface area (Å²) in [6.45, 7) is 8.36. The molecule has 0 amide bonds. The van der Waals surface area contributed by atoms with Gasteiger partial charge in [0.25, 0.3) is 0 Å². The Morgan fingerprint density at radius 1 is 1.32 bits per heavy atom. The predicted octanol–water partition coefficient (Wildman–Crippen LogP) is 2.95. The molecule has 0 saturated carbocycles. The number of piperidine rings is 1. The molecule has 2 rings (SSSR count). The van der Waals surface area contributed by atoms with Crippen molar-refractivity contribution in [3.63, 3.8) is 0 Å². The summed E-state index contributed by atoms with van der Waals surface area (Å²) < 4.78 is 41.1. The molecule has 2 heterocycles. The minimum atomic E-state index is -4.37. The molecule has 0 aromatic carbocycles. The van der Waals surface area contributed by atoms with Gasteiger partial charge in [-0.3, -0.25) is 0 Å². The van der Waals surface area contributed by atoms with Crippen molar-refractivity contribution in [2.75, 3.05) is 26.2 Å². The van der Waals surface area contributed by atoms with Crippen LogP contribution in [-0.4, -0.2) is 60.3 Å². The van der Waals surface area contributed by atoms with Crippen LogP contribution in [-0.2, 0) is 6.54 Å². The summed E-state index contributed by atoms with van der Waals surface area (Å²) >= 11 is 0. The number of likely N-dealkylation sites (tertiary alicyclic amines) is 1. The maximum Gasteiger partial charge on any atom is 0.422 e. The number of nitrogens with one attached hydrogen (secondary N) is 2. The SMILES string of the molecule is CCNC(=NCc1ccc(OCC(F)(F)F)nc1)NC1CCN(C(C)C)CC1. The van der Waals surface area contributed by atoms with E-state index < -0.39 is 12.8 Å². The summed E-state index contributed by atoms with van der Waals surface area (Å²) in [4.78, 5) is 10.9. The highest BCUT2D eigenvalue weighted by Gasteiger charge is 2.28. The number of ether oxygens (including phenoxy) is 1. The van der Waals surface area contributed by atoms with Crippen LogP contribution in [0.1, 0.15) is 39.2 Å². The number of aliphatic imine (C=N–C) groups is 1. The molecule has 0 radical (unpaired) electrons. The average molecular weight is 401 g/mol. The second-order valence-electron chi connectivity index (χ2n) is 7.15. The van der Waals surface area contributed by atoms with E-state index in [0.717, 1.165) is 44.0 Å². The number of aromatic nitrogens is 1. The van der Waals surface area contributed by atoms with Gasteiger partial charge in [-0.25, -0.2) is 9.98 Å². The zero-order chi connectivity index (χ0) is 20.6. The Hall–Kier alpha value is -2.03. The topological polar surface area (TPSA) is 61.8 Å². The van der Waals surface area contributed by atoms with Crippen LogP contribution in [0, 0.1) is 0 Å². The third-order valence-electron chi connectivity index (χ3n) is 4.55. The van der Waals surface area contributed by atoms with Crippen molar-refractivity contribution in [2.24, 2.45) is 4.99 Å². The molecular weight excluding hydrogens is 371 g/mol. The molecule has 1 aromatic heterocycles. The van der Waals surface area contributed by atoms with E-state index in [9.17, 15) is 13.2 Å². The molecule has 1 saturated heterocycles. The summed E-state index contributed by atoms with van der Waals surface area (Å²) in [5.74, 6) is 0.690. The van der Waals surface area contributed by atoms with E-state index in [-0.39, 0.29) is 5.88 Å². The van der Waals surface area contributed by atoms with Crippen LogP contribution in [0.15, 0.2) is 23.3 Å². The highest BCUT2D eigenvalue weighted by atomic mass is 19.4. The second kappa shape index (κ2) is 10.5. The Morgan fingerprint density at radius 2 is 2.04 bits per heavy atom. The quantitative estimate of drug-likeness (QED) is 0.543. The van der Waals surface area contributed by atoms with E-state index in [2.05, 4.69) is 44.1 Å². The summed E-state index contributed by atoms with van der Waals surface area (Å²) in [7, 11) is 0. The number of nitrogens with zero attached hydrogens (tertiary/aromatic N) is 3. The number of hydrogen-bond acceptors (Lipinski definition) is 4. The lowest BCUT2D eigenvalue weighted by atomic mass is 10.0. The van der Waals surface area contributed by atoms with Crippen LogP contribution < -0.4 is 15.4 Å². The van der Waals surface area contributed by atoms with Gasteiger partial charge in [-0.1, -0.05) is 6.07 Å². The molecule has 2 N–H and O–H groups in total. The fourth-order valence-corrected chi connectivity index (χ4v) is 2.99. The average Bonchev–Trinajstić information content (AvgIpc) is 2.65. The molecule has 6 nitrogen and oxygen atoms in total. The van der Waals surface area contributed by atoms with Crippen molar-refractivity contribution in [1.82, 2.24) is 20.5 Å². The second-order valence-corrected chi connectivity index (χ2v) is 7.15. The van der Waals surface area contributed by atoms with Crippen LogP contribution in [0.25, 0.3) is 0 Å². The van der Waals surface area contributed by atoms with E-state index in [1.54, 1.807) is 6.07 Å². The molecule has 9 heteroatoms. The van der Waals surface area contributed by atoms with Gasteiger partial charge in [0, 0.05) is 44.0 Å². The highest BCUT2D eigenvalue weighted by Crippen LogP contribution is 2.17. The maximum absolute atomic E-state index is 12.2. The molecule has 1 aliphatic rings. The van der Waals surface area contributed by atoms with E-state index in [1.165, 1.54) is 12.3 Å². The fraction of sp³-hybridized carbons (Fsp3) is 0.684. The monoisotopic (exact) mass is 401 g/mol. The Kier molecular flexibility index (Phi) is 8.35. The van der Waals surface area contributed by atoms with Crippen LogP contribution in [0.3, 0.4) is 0 Å². The van der Waals surface area contributed by atoms with Gasteiger partial charge in [-0.2, -0.15) is 13.2 Å². The third-order valence-corrected chi connectivity index (χ3v) is 4.55. The minimum absolute atomic E-state index is 0.0491. The van der Waals surface area contributed by atoms with Gasteiger partial charge in [-0.15, -0.1) is 0 Å². The molecular formula is C19H30F3N5O. The molecule has 0 aliphatic carbocycles. The normalized spacial score (nSPS) is 17.0. The number of guanidine groups is 1. The summed E-state index contributed by atoms with van der Waals surface area (Å²) in [5, 5.41) is 6.71. The molecule has 28 heavy (non-hydrogen) atoms. The Bertz CT molecular complexity index is 611. The zero-order valence-electron chi connectivity index (χ0n) is 16.7. The summed E-state index contributed by atoms with van der Waals surface area (Å²) in [6.07, 6.45) is -0.757. The molecule has 1 aliphatic heterocycles. The van der Waals surface area contributed by atoms with Crippen molar-refractivity contribution in [1.29, 1.82) is 0 Å². The molecule has 0 unspecified atom stereocenters. The Morgan fingerprint density at radius 3 is 2.57 bits per heavy atom. The van der Waals surface area contributed by atoms with Crippen LogP contribution in [0.2, 0.25) is 0 Å². The van der Waals surface area contributed by atoms with Crippen LogP contribution in [0.5, 0.6) is 5.88 Å². The lowest BCUT2D eigenvalue weighted by Crippen LogP contribution is -2.49. The van der Waals surface area contributed by atoms with Crippen molar-refractivity contribution in [2.45, 2.75) is 58.4 Å². The number of rotatable bonds is 7. The largest absolute Gasteiger partial charge is 0.468 e. The molecule has 0 bridgehead atoms. The zero-order valence-corrected chi connectivity index (χ0v) is 16.7. The highest BCUT2D eigenvalue weighted by molar-refractivity contribution is 5.80. The van der Waals surface area contributed by atoms with Crippen molar-refractivity contribution >= 4 is 5.96 Å². The Balaban J connectivity index is 1.86. The first kappa shape index (κ1) is 22.3. The molecule has 0 spiro atoms. The van der Waals surface area contributed by atoms with E-state index in [4.69, 9.17) is 0 Å². The molecule has 1 fully saturated rings. The third kappa shape index (κ3) is 7.92. The van der Waals surface area contributed by atoms with Gasteiger partial charge in [0.15, 0.2) is 12.6 Å². The van der Waals surface area contributed by atoms with E-state index >= 15 is 0 Å². The number of pyridine rings is 1. The number of alkyl halides is 3. The van der Waals surface area contributed by atoms with Gasteiger partial charge >= 0.3 is 6.18 Å². The molecule has 1 aromatic rings. The number of halogens is 3. The number of hydrogen-bond donors (Lipinski definition) is 2. The van der Waals surface area contributed by atoms with Crippen molar-refractivity contribution < 1.29 is 17.9 Å². The van der Waals surface area contributed by atoms with Gasteiger partial charge in [0.05, 0.1) is 6.54 Å². The summed E-state index contributed by atoms with van der Waals surface area (Å²) in [6, 6.07) is 4.05. The van der Waals surface area contributed by atoms with Gasteiger partial charge in [0.2, 0.25) is 5.88 Å². The van der Waals surface area contributed by atoms with Gasteiger partial charge in [-0.05, 0) is 39.2 Å². The minimum Gasteiger partial charge on any atom is -0.468 e. The fourth-order valence-electron chi connectivity index (χ4n) is 2.99. The first-order valence-electron chi connectivity index (χ1n) is 9.70. The maximum atomic E-state index is 12.2. The van der Waals surface area contributed by atoms with Crippen LogP contribution in [0.4, 0.5) is 13.2 Å². The first-order valence-corrected chi connectivity index (χ1v) is 9.70. The Labute approximate surface area is 164 Å². The lowest BCUT2D eigenvalue weighted by Gasteiger charge is -2.35. The lowest BCUT2D eigenvalue weighted by molar-refractivity contribution is -0.154. The van der Waals surface area contributed by atoms with Crippen LogP contribution >= 0.6 is 0 Å². The first-order chi connectivity index (χ1) is 13.3. The molecule has 0 atom stereocenters.